The molecular formula is C12H14FN3O2. The predicted molar refractivity (Wildman–Crippen MR) is 63.3 cm³/mol. The van der Waals surface area contributed by atoms with Crippen molar-refractivity contribution < 1.29 is 13.9 Å². The van der Waals surface area contributed by atoms with Crippen molar-refractivity contribution in [2.75, 3.05) is 19.7 Å². The molecule has 0 aliphatic heterocycles. The van der Waals surface area contributed by atoms with Gasteiger partial charge in [0, 0.05) is 0 Å². The average molecular weight is 251 g/mol. The Balaban J connectivity index is 2.61. The molecule has 0 fully saturated rings. The van der Waals surface area contributed by atoms with Gasteiger partial charge >= 0.3 is 0 Å². The highest BCUT2D eigenvalue weighted by atomic mass is 19.1. The standard InChI is InChI=1S/C12H14FN3O2/c13-10-1-2-11(9(7-10)3-4-14)18-8-12(17)16-6-5-15/h1-2,7H,3-4,6,8,14H2,(H,16,17). The zero-order valence-electron chi connectivity index (χ0n) is 9.78. The van der Waals surface area contributed by atoms with Crippen LogP contribution in [0.2, 0.25) is 0 Å². The molecule has 1 aromatic rings. The SMILES string of the molecule is N#CCNC(=O)COc1ccc(F)cc1CCN. The van der Waals surface area contributed by atoms with Crippen LogP contribution in [0.1, 0.15) is 5.56 Å². The minimum atomic E-state index is -0.403. The number of nitrogens with one attached hydrogen (secondary N) is 1. The van der Waals surface area contributed by atoms with E-state index in [2.05, 4.69) is 5.32 Å². The lowest BCUT2D eigenvalue weighted by atomic mass is 10.1. The topological polar surface area (TPSA) is 88.1 Å². The monoisotopic (exact) mass is 251 g/mol. The van der Waals surface area contributed by atoms with Crippen LogP contribution in [0.15, 0.2) is 18.2 Å². The van der Waals surface area contributed by atoms with E-state index in [1.54, 1.807) is 6.07 Å². The average Bonchev–Trinajstić information content (AvgIpc) is 2.36. The lowest BCUT2D eigenvalue weighted by Gasteiger charge is -2.10. The quantitative estimate of drug-likeness (QED) is 0.714. The highest BCUT2D eigenvalue weighted by Gasteiger charge is 2.07. The van der Waals surface area contributed by atoms with E-state index < -0.39 is 5.91 Å². The van der Waals surface area contributed by atoms with Gasteiger partial charge in [0.25, 0.3) is 5.91 Å². The third-order valence-electron chi connectivity index (χ3n) is 2.16. The summed E-state index contributed by atoms with van der Waals surface area (Å²) in [6.07, 6.45) is 0.465. The molecule has 0 spiro atoms. The lowest BCUT2D eigenvalue weighted by molar-refractivity contribution is -0.122. The Kier molecular flexibility index (Phi) is 5.61. The van der Waals surface area contributed by atoms with Crippen LogP contribution in [-0.4, -0.2) is 25.6 Å². The van der Waals surface area contributed by atoms with E-state index in [9.17, 15) is 9.18 Å². The maximum absolute atomic E-state index is 13.0. The van der Waals surface area contributed by atoms with Crippen molar-refractivity contribution in [2.24, 2.45) is 5.73 Å². The van der Waals surface area contributed by atoms with Gasteiger partial charge in [0.05, 0.1) is 6.07 Å². The van der Waals surface area contributed by atoms with Crippen molar-refractivity contribution in [1.29, 1.82) is 5.26 Å². The summed E-state index contributed by atoms with van der Waals surface area (Å²) in [5, 5.41) is 10.6. The van der Waals surface area contributed by atoms with E-state index in [0.717, 1.165) is 0 Å². The van der Waals surface area contributed by atoms with Gasteiger partial charge in [-0.1, -0.05) is 0 Å². The molecule has 0 saturated heterocycles. The highest BCUT2D eigenvalue weighted by Crippen LogP contribution is 2.19. The van der Waals surface area contributed by atoms with Gasteiger partial charge in [-0.2, -0.15) is 5.26 Å². The van der Waals surface area contributed by atoms with Crippen LogP contribution >= 0.6 is 0 Å². The number of nitriles is 1. The molecule has 0 saturated carbocycles. The van der Waals surface area contributed by atoms with Gasteiger partial charge in [0.15, 0.2) is 6.61 Å². The molecule has 3 N–H and O–H groups in total. The number of hydrogen-bond donors (Lipinski definition) is 2. The molecule has 5 nitrogen and oxygen atoms in total. The van der Waals surface area contributed by atoms with Gasteiger partial charge < -0.3 is 15.8 Å². The summed E-state index contributed by atoms with van der Waals surface area (Å²) in [7, 11) is 0. The largest absolute Gasteiger partial charge is 0.483 e. The number of carbonyl (C=O) groups is 1. The van der Waals surface area contributed by atoms with Crippen LogP contribution in [0, 0.1) is 17.1 Å². The molecule has 0 bridgehead atoms. The van der Waals surface area contributed by atoms with Crippen LogP contribution in [0.4, 0.5) is 4.39 Å². The molecule has 1 aromatic carbocycles. The molecule has 1 amide bonds. The maximum atomic E-state index is 13.0. The number of halogens is 1. The second kappa shape index (κ2) is 7.25. The molecule has 6 heteroatoms. The first-order valence-electron chi connectivity index (χ1n) is 5.42. The molecule has 0 heterocycles. The Morgan fingerprint density at radius 1 is 1.56 bits per heavy atom. The van der Waals surface area contributed by atoms with E-state index in [4.69, 9.17) is 15.7 Å². The third kappa shape index (κ3) is 4.39. The summed E-state index contributed by atoms with van der Waals surface area (Å²) in [6.45, 7) is 0.0760. The van der Waals surface area contributed by atoms with Crippen molar-refractivity contribution in [3.8, 4) is 11.8 Å². The number of carbonyl (C=O) groups excluding carboxylic acids is 1. The van der Waals surface area contributed by atoms with Crippen molar-refractivity contribution in [3.63, 3.8) is 0 Å². The number of nitrogens with two attached hydrogens (primary N) is 1. The first-order chi connectivity index (χ1) is 8.67. The second-order valence-electron chi connectivity index (χ2n) is 3.51. The Morgan fingerprint density at radius 3 is 3.00 bits per heavy atom. The van der Waals surface area contributed by atoms with E-state index in [1.165, 1.54) is 18.2 Å². The van der Waals surface area contributed by atoms with Crippen molar-refractivity contribution in [1.82, 2.24) is 5.32 Å². The second-order valence-corrected chi connectivity index (χ2v) is 3.51. The molecule has 96 valence electrons. The van der Waals surface area contributed by atoms with E-state index in [1.807, 2.05) is 0 Å². The zero-order chi connectivity index (χ0) is 13.4. The molecule has 0 atom stereocenters. The Labute approximate surface area is 104 Å². The van der Waals surface area contributed by atoms with Gasteiger partial charge in [-0.25, -0.2) is 4.39 Å². The molecule has 1 rings (SSSR count). The van der Waals surface area contributed by atoms with E-state index in [-0.39, 0.29) is 19.0 Å². The maximum Gasteiger partial charge on any atom is 0.258 e. The van der Waals surface area contributed by atoms with Crippen LogP contribution in [0.3, 0.4) is 0 Å². The highest BCUT2D eigenvalue weighted by molar-refractivity contribution is 5.77. The minimum Gasteiger partial charge on any atom is -0.483 e. The molecule has 0 radical (unpaired) electrons. The number of benzene rings is 1. The van der Waals surface area contributed by atoms with Crippen LogP contribution in [0.5, 0.6) is 5.75 Å². The zero-order valence-corrected chi connectivity index (χ0v) is 9.78. The fourth-order valence-electron chi connectivity index (χ4n) is 1.37. The first kappa shape index (κ1) is 13.9. The number of nitrogens with zero attached hydrogens (tertiary/aromatic N) is 1. The smallest absolute Gasteiger partial charge is 0.258 e. The number of amides is 1. The fraction of sp³-hybridized carbons (Fsp3) is 0.333. The predicted octanol–water partition coefficient (Wildman–Crippen LogP) is 0.345. The molecule has 18 heavy (non-hydrogen) atoms. The Hall–Kier alpha value is -2.13. The lowest BCUT2D eigenvalue weighted by Crippen LogP contribution is -2.29. The van der Waals surface area contributed by atoms with Gasteiger partial charge in [-0.05, 0) is 36.7 Å². The Bertz CT molecular complexity index is 457. The summed E-state index contributed by atoms with van der Waals surface area (Å²) in [6, 6.07) is 5.82. The van der Waals surface area contributed by atoms with Gasteiger partial charge in [-0.3, -0.25) is 4.79 Å². The number of rotatable bonds is 6. The van der Waals surface area contributed by atoms with Crippen molar-refractivity contribution in [3.05, 3.63) is 29.6 Å². The van der Waals surface area contributed by atoms with E-state index in [0.29, 0.717) is 24.3 Å². The summed E-state index contributed by atoms with van der Waals surface area (Å²) in [5.74, 6) is -0.353. The van der Waals surface area contributed by atoms with Gasteiger partial charge in [0.1, 0.15) is 18.1 Å². The van der Waals surface area contributed by atoms with Crippen LogP contribution in [-0.2, 0) is 11.2 Å². The van der Waals surface area contributed by atoms with Crippen LogP contribution < -0.4 is 15.8 Å². The number of ether oxygens (including phenoxy) is 1. The van der Waals surface area contributed by atoms with Crippen molar-refractivity contribution in [2.45, 2.75) is 6.42 Å². The third-order valence-corrected chi connectivity index (χ3v) is 2.16. The summed E-state index contributed by atoms with van der Waals surface area (Å²) < 4.78 is 18.3. The van der Waals surface area contributed by atoms with Crippen molar-refractivity contribution >= 4 is 5.91 Å². The van der Waals surface area contributed by atoms with Gasteiger partial charge in [0.2, 0.25) is 0 Å². The van der Waals surface area contributed by atoms with Crippen LogP contribution in [0.25, 0.3) is 0 Å². The normalized spacial score (nSPS) is 9.61. The molecular weight excluding hydrogens is 237 g/mol. The summed E-state index contributed by atoms with van der Waals surface area (Å²) in [4.78, 5) is 11.2. The first-order valence-corrected chi connectivity index (χ1v) is 5.42. The molecule has 0 unspecified atom stereocenters. The van der Waals surface area contributed by atoms with Gasteiger partial charge in [-0.15, -0.1) is 0 Å². The molecule has 0 aromatic heterocycles. The summed E-state index contributed by atoms with van der Waals surface area (Å²) in [5.41, 5.74) is 6.02. The molecule has 0 aliphatic rings. The summed E-state index contributed by atoms with van der Waals surface area (Å²) >= 11 is 0. The van der Waals surface area contributed by atoms with E-state index >= 15 is 0 Å². The minimum absolute atomic E-state index is 0.0682. The fourth-order valence-corrected chi connectivity index (χ4v) is 1.37. The number of hydrogen-bond acceptors (Lipinski definition) is 4. The Morgan fingerprint density at radius 2 is 2.33 bits per heavy atom. The molecule has 0 aliphatic carbocycles.